The Kier molecular flexibility index (Phi) is 4.62. The molecule has 0 aromatic heterocycles. The predicted octanol–water partition coefficient (Wildman–Crippen LogP) is 2.48. The lowest BCUT2D eigenvalue weighted by Gasteiger charge is -2.35. The van der Waals surface area contributed by atoms with Gasteiger partial charge in [-0.2, -0.15) is 0 Å². The number of ether oxygens (including phenoxy) is 1. The fourth-order valence-electron chi connectivity index (χ4n) is 3.27. The van der Waals surface area contributed by atoms with E-state index in [2.05, 4.69) is 15.9 Å². The zero-order valence-corrected chi connectivity index (χ0v) is 13.6. The molecular formula is C16H21BrN2O2. The molecular weight excluding hydrogens is 332 g/mol. The van der Waals surface area contributed by atoms with Crippen LogP contribution in [-0.2, 0) is 9.53 Å². The molecule has 1 aliphatic carbocycles. The lowest BCUT2D eigenvalue weighted by Crippen LogP contribution is -2.44. The summed E-state index contributed by atoms with van der Waals surface area (Å²) in [7, 11) is 0. The number of halogens is 1. The van der Waals surface area contributed by atoms with E-state index in [4.69, 9.17) is 10.5 Å². The smallest absolute Gasteiger partial charge is 0.225 e. The van der Waals surface area contributed by atoms with Gasteiger partial charge in [0.05, 0.1) is 13.2 Å². The molecule has 0 radical (unpaired) electrons. The Labute approximate surface area is 133 Å². The Morgan fingerprint density at radius 3 is 2.86 bits per heavy atom. The van der Waals surface area contributed by atoms with Gasteiger partial charge < -0.3 is 15.4 Å². The van der Waals surface area contributed by atoms with Crippen molar-refractivity contribution in [2.24, 2.45) is 11.7 Å². The van der Waals surface area contributed by atoms with E-state index in [-0.39, 0.29) is 24.0 Å². The number of carbonyl (C=O) groups is 1. The summed E-state index contributed by atoms with van der Waals surface area (Å²) in [5.74, 6) is 0.362. The van der Waals surface area contributed by atoms with Crippen molar-refractivity contribution in [1.29, 1.82) is 0 Å². The lowest BCUT2D eigenvalue weighted by molar-refractivity contribution is -0.143. The second kappa shape index (κ2) is 6.46. The third-order valence-corrected chi connectivity index (χ3v) is 5.17. The van der Waals surface area contributed by atoms with Crippen molar-refractivity contribution in [2.75, 3.05) is 19.7 Å². The highest BCUT2D eigenvalue weighted by Gasteiger charge is 2.34. The van der Waals surface area contributed by atoms with Gasteiger partial charge in [0.2, 0.25) is 5.91 Å². The van der Waals surface area contributed by atoms with Crippen LogP contribution in [0, 0.1) is 5.92 Å². The van der Waals surface area contributed by atoms with Crippen molar-refractivity contribution in [2.45, 2.75) is 31.4 Å². The average Bonchev–Trinajstić information content (AvgIpc) is 2.94. The summed E-state index contributed by atoms with van der Waals surface area (Å²) < 4.78 is 6.89. The number of amides is 1. The third-order valence-electron chi connectivity index (χ3n) is 4.45. The van der Waals surface area contributed by atoms with Gasteiger partial charge in [-0.25, -0.2) is 0 Å². The second-order valence-electron chi connectivity index (χ2n) is 5.94. The van der Waals surface area contributed by atoms with Crippen LogP contribution in [0.2, 0.25) is 0 Å². The zero-order valence-electron chi connectivity index (χ0n) is 12.0. The monoisotopic (exact) mass is 352 g/mol. The highest BCUT2D eigenvalue weighted by Crippen LogP contribution is 2.31. The molecule has 114 valence electrons. The van der Waals surface area contributed by atoms with E-state index >= 15 is 0 Å². The molecule has 1 heterocycles. The molecule has 0 bridgehead atoms. The molecule has 4 nitrogen and oxygen atoms in total. The third kappa shape index (κ3) is 3.30. The minimum absolute atomic E-state index is 0.0478. The molecule has 2 aliphatic rings. The number of hydrogen-bond donors (Lipinski definition) is 1. The highest BCUT2D eigenvalue weighted by molar-refractivity contribution is 9.10. The minimum Gasteiger partial charge on any atom is -0.370 e. The van der Waals surface area contributed by atoms with E-state index in [0.29, 0.717) is 19.7 Å². The van der Waals surface area contributed by atoms with Crippen molar-refractivity contribution in [3.8, 4) is 0 Å². The summed E-state index contributed by atoms with van der Waals surface area (Å²) in [5, 5.41) is 0. The highest BCUT2D eigenvalue weighted by atomic mass is 79.9. The van der Waals surface area contributed by atoms with Crippen LogP contribution < -0.4 is 5.73 Å². The quantitative estimate of drug-likeness (QED) is 0.889. The Morgan fingerprint density at radius 2 is 2.14 bits per heavy atom. The van der Waals surface area contributed by atoms with Crippen LogP contribution in [0.3, 0.4) is 0 Å². The van der Waals surface area contributed by atoms with E-state index in [9.17, 15) is 4.79 Å². The van der Waals surface area contributed by atoms with Gasteiger partial charge in [-0.3, -0.25) is 4.79 Å². The van der Waals surface area contributed by atoms with Gasteiger partial charge in [0.1, 0.15) is 6.10 Å². The Morgan fingerprint density at radius 1 is 1.33 bits per heavy atom. The maximum atomic E-state index is 12.6. The van der Waals surface area contributed by atoms with Gasteiger partial charge in [0.25, 0.3) is 0 Å². The maximum Gasteiger partial charge on any atom is 0.225 e. The van der Waals surface area contributed by atoms with Gasteiger partial charge >= 0.3 is 0 Å². The fourth-order valence-corrected chi connectivity index (χ4v) is 3.81. The lowest BCUT2D eigenvalue weighted by atomic mass is 10.0. The van der Waals surface area contributed by atoms with Crippen molar-refractivity contribution in [1.82, 2.24) is 4.90 Å². The molecule has 1 saturated carbocycles. The first-order chi connectivity index (χ1) is 10.1. The Balaban J connectivity index is 1.68. The van der Waals surface area contributed by atoms with Gasteiger partial charge in [-0.15, -0.1) is 0 Å². The van der Waals surface area contributed by atoms with Crippen molar-refractivity contribution >= 4 is 21.8 Å². The van der Waals surface area contributed by atoms with Crippen molar-refractivity contribution < 1.29 is 9.53 Å². The Bertz CT molecular complexity index is 523. The molecule has 3 rings (SSSR count). The first-order valence-corrected chi connectivity index (χ1v) is 8.35. The molecule has 1 aliphatic heterocycles. The van der Waals surface area contributed by atoms with Gasteiger partial charge in [-0.05, 0) is 30.9 Å². The van der Waals surface area contributed by atoms with Gasteiger partial charge in [0.15, 0.2) is 0 Å². The number of carbonyl (C=O) groups excluding carboxylic acids is 1. The van der Waals surface area contributed by atoms with E-state index < -0.39 is 0 Å². The first kappa shape index (κ1) is 15.0. The summed E-state index contributed by atoms with van der Waals surface area (Å²) in [5.41, 5.74) is 7.04. The number of rotatable bonds is 2. The van der Waals surface area contributed by atoms with Crippen LogP contribution in [0.25, 0.3) is 0 Å². The molecule has 3 atom stereocenters. The fraction of sp³-hybridized carbons (Fsp3) is 0.562. The molecule has 1 amide bonds. The maximum absolute atomic E-state index is 12.6. The van der Waals surface area contributed by atoms with Gasteiger partial charge in [0, 0.05) is 23.0 Å². The molecule has 0 spiro atoms. The van der Waals surface area contributed by atoms with Gasteiger partial charge in [-0.1, -0.05) is 34.1 Å². The van der Waals surface area contributed by atoms with Crippen LogP contribution >= 0.6 is 15.9 Å². The van der Waals surface area contributed by atoms with Crippen LogP contribution in [0.1, 0.15) is 30.9 Å². The molecule has 21 heavy (non-hydrogen) atoms. The zero-order chi connectivity index (χ0) is 14.8. The summed E-state index contributed by atoms with van der Waals surface area (Å²) in [6.45, 7) is 1.91. The van der Waals surface area contributed by atoms with E-state index in [1.807, 2.05) is 29.2 Å². The predicted molar refractivity (Wildman–Crippen MR) is 84.7 cm³/mol. The van der Waals surface area contributed by atoms with Crippen LogP contribution in [0.15, 0.2) is 28.7 Å². The summed E-state index contributed by atoms with van der Waals surface area (Å²) in [6.07, 6.45) is 2.68. The standard InChI is InChI=1S/C16H21BrN2O2/c17-14-4-2-1-3-13(14)15-10-19(7-8-21-15)16(20)11-5-6-12(18)9-11/h1-4,11-12,15H,5-10,18H2/t11-,12+,15-/m0/s1. The molecule has 5 heteroatoms. The largest absolute Gasteiger partial charge is 0.370 e. The molecule has 1 saturated heterocycles. The number of morpholine rings is 1. The van der Waals surface area contributed by atoms with E-state index in [1.54, 1.807) is 0 Å². The summed E-state index contributed by atoms with van der Waals surface area (Å²) >= 11 is 3.56. The molecule has 0 unspecified atom stereocenters. The van der Waals surface area contributed by atoms with Crippen molar-refractivity contribution in [3.05, 3.63) is 34.3 Å². The van der Waals surface area contributed by atoms with Crippen LogP contribution in [-0.4, -0.2) is 36.5 Å². The topological polar surface area (TPSA) is 55.6 Å². The summed E-state index contributed by atoms with van der Waals surface area (Å²) in [6, 6.07) is 8.24. The summed E-state index contributed by atoms with van der Waals surface area (Å²) in [4.78, 5) is 14.6. The van der Waals surface area contributed by atoms with E-state index in [0.717, 1.165) is 29.3 Å². The minimum atomic E-state index is -0.0478. The normalized spacial score (nSPS) is 29.6. The molecule has 1 aromatic carbocycles. The average molecular weight is 353 g/mol. The van der Waals surface area contributed by atoms with E-state index in [1.165, 1.54) is 0 Å². The van der Waals surface area contributed by atoms with Crippen molar-refractivity contribution in [3.63, 3.8) is 0 Å². The molecule has 2 fully saturated rings. The van der Waals surface area contributed by atoms with Crippen LogP contribution in [0.4, 0.5) is 0 Å². The second-order valence-corrected chi connectivity index (χ2v) is 6.79. The first-order valence-electron chi connectivity index (χ1n) is 7.55. The Hall–Kier alpha value is -0.910. The number of hydrogen-bond acceptors (Lipinski definition) is 3. The number of nitrogens with two attached hydrogens (primary N) is 1. The molecule has 2 N–H and O–H groups in total. The number of nitrogens with zero attached hydrogens (tertiary/aromatic N) is 1. The molecule has 1 aromatic rings. The SMILES string of the molecule is N[C@@H]1CC[C@H](C(=O)N2CCO[C@H](c3ccccc3Br)C2)C1. The van der Waals surface area contributed by atoms with Crippen LogP contribution in [0.5, 0.6) is 0 Å². The number of benzene rings is 1.